The average Bonchev–Trinajstić information content (AvgIpc) is 2.73. The van der Waals surface area contributed by atoms with Gasteiger partial charge >= 0.3 is 0 Å². The van der Waals surface area contributed by atoms with Crippen LogP contribution in [0, 0.1) is 0 Å². The van der Waals surface area contributed by atoms with Crippen LogP contribution in [0.4, 0.5) is 0 Å². The summed E-state index contributed by atoms with van der Waals surface area (Å²) in [6.45, 7) is 11.3. The summed E-state index contributed by atoms with van der Waals surface area (Å²) in [5.41, 5.74) is 2.55. The molecule has 0 amide bonds. The number of carbonyl (C=O) groups is 1. The topological polar surface area (TPSA) is 44.8 Å². The van der Waals surface area contributed by atoms with Crippen molar-refractivity contribution in [1.82, 2.24) is 0 Å². The molecular formula is C25H30O4. The zero-order valence-electron chi connectivity index (χ0n) is 17.6. The minimum atomic E-state index is -0.0752. The summed E-state index contributed by atoms with van der Waals surface area (Å²) < 4.78 is 17.1. The van der Waals surface area contributed by atoms with E-state index in [0.717, 1.165) is 35.5 Å². The molecule has 0 N–H and O–H groups in total. The second-order valence-corrected chi connectivity index (χ2v) is 6.43. The fourth-order valence-electron chi connectivity index (χ4n) is 2.94. The first kappa shape index (κ1) is 22.3. The molecule has 0 atom stereocenters. The van der Waals surface area contributed by atoms with E-state index in [1.807, 2.05) is 26.0 Å². The van der Waals surface area contributed by atoms with Crippen LogP contribution in [0.1, 0.15) is 48.7 Å². The van der Waals surface area contributed by atoms with Gasteiger partial charge in [0.15, 0.2) is 5.78 Å². The lowest BCUT2D eigenvalue weighted by atomic mass is 10.0. The van der Waals surface area contributed by atoms with Crippen molar-refractivity contribution in [2.45, 2.75) is 33.6 Å². The van der Waals surface area contributed by atoms with Crippen LogP contribution in [0.5, 0.6) is 17.2 Å². The molecule has 0 saturated heterocycles. The monoisotopic (exact) mass is 394 g/mol. The Morgan fingerprint density at radius 3 is 2.10 bits per heavy atom. The predicted octanol–water partition coefficient (Wildman–Crippen LogP) is 5.90. The van der Waals surface area contributed by atoms with E-state index >= 15 is 0 Å². The van der Waals surface area contributed by atoms with Gasteiger partial charge in [0.2, 0.25) is 0 Å². The predicted molar refractivity (Wildman–Crippen MR) is 118 cm³/mol. The summed E-state index contributed by atoms with van der Waals surface area (Å²) in [6.07, 6.45) is 6.93. The lowest BCUT2D eigenvalue weighted by molar-refractivity contribution is 0.104. The normalized spacial score (nSPS) is 10.7. The molecular weight excluding hydrogens is 364 g/mol. The van der Waals surface area contributed by atoms with Gasteiger partial charge in [-0.15, -0.1) is 0 Å². The second kappa shape index (κ2) is 11.7. The van der Waals surface area contributed by atoms with E-state index in [2.05, 4.69) is 13.5 Å². The zero-order chi connectivity index (χ0) is 21.1. The third kappa shape index (κ3) is 6.53. The molecule has 29 heavy (non-hydrogen) atoms. The Bertz CT molecular complexity index is 807. The second-order valence-electron chi connectivity index (χ2n) is 6.43. The van der Waals surface area contributed by atoms with Crippen LogP contribution >= 0.6 is 0 Å². The highest BCUT2D eigenvalue weighted by Gasteiger charge is 2.12. The largest absolute Gasteiger partial charge is 0.493 e. The van der Waals surface area contributed by atoms with Crippen molar-refractivity contribution < 1.29 is 19.0 Å². The van der Waals surface area contributed by atoms with Crippen LogP contribution < -0.4 is 14.2 Å². The van der Waals surface area contributed by atoms with Crippen LogP contribution in [-0.4, -0.2) is 25.6 Å². The van der Waals surface area contributed by atoms with Crippen LogP contribution in [0.2, 0.25) is 0 Å². The summed E-state index contributed by atoms with van der Waals surface area (Å²) in [6, 6.07) is 11.0. The van der Waals surface area contributed by atoms with Crippen LogP contribution in [0.15, 0.2) is 55.1 Å². The zero-order valence-corrected chi connectivity index (χ0v) is 17.6. The van der Waals surface area contributed by atoms with Gasteiger partial charge in [-0.25, -0.2) is 0 Å². The number of carbonyl (C=O) groups excluding carboxylic acids is 1. The van der Waals surface area contributed by atoms with Crippen molar-refractivity contribution in [2.75, 3.05) is 19.8 Å². The van der Waals surface area contributed by atoms with E-state index in [1.54, 1.807) is 42.5 Å². The Labute approximate surface area is 173 Å². The molecule has 4 nitrogen and oxygen atoms in total. The van der Waals surface area contributed by atoms with E-state index in [1.165, 1.54) is 0 Å². The molecule has 0 aliphatic heterocycles. The summed E-state index contributed by atoms with van der Waals surface area (Å²) in [5.74, 6) is 2.26. The van der Waals surface area contributed by atoms with E-state index in [9.17, 15) is 4.79 Å². The van der Waals surface area contributed by atoms with Gasteiger partial charge in [-0.2, -0.15) is 0 Å². The number of hydrogen-bond acceptors (Lipinski definition) is 4. The number of ether oxygens (including phenoxy) is 3. The minimum absolute atomic E-state index is 0.0752. The highest BCUT2D eigenvalue weighted by atomic mass is 16.5. The molecule has 0 bridgehead atoms. The fourth-order valence-corrected chi connectivity index (χ4v) is 2.94. The molecule has 0 spiro atoms. The van der Waals surface area contributed by atoms with Crippen molar-refractivity contribution in [2.24, 2.45) is 0 Å². The van der Waals surface area contributed by atoms with Crippen LogP contribution in [-0.2, 0) is 6.42 Å². The molecule has 0 heterocycles. The Kier molecular flexibility index (Phi) is 9.03. The van der Waals surface area contributed by atoms with E-state index in [-0.39, 0.29) is 5.78 Å². The first-order valence-electron chi connectivity index (χ1n) is 10.1. The number of rotatable bonds is 12. The molecule has 0 fully saturated rings. The lowest BCUT2D eigenvalue weighted by Crippen LogP contribution is -2.02. The fraction of sp³-hybridized carbons (Fsp3) is 0.320. The van der Waals surface area contributed by atoms with Crippen molar-refractivity contribution in [3.05, 3.63) is 71.8 Å². The van der Waals surface area contributed by atoms with Gasteiger partial charge in [0.25, 0.3) is 0 Å². The SMILES string of the molecule is C=CCOc1ccc(C(=O)/C=C/c2cc(OCC)c(CCC)c(OCC)c2)cc1. The quantitative estimate of drug-likeness (QED) is 0.255. The van der Waals surface area contributed by atoms with Crippen LogP contribution in [0.3, 0.4) is 0 Å². The number of allylic oxidation sites excluding steroid dienone is 1. The van der Waals surface area contributed by atoms with Crippen LogP contribution in [0.25, 0.3) is 6.08 Å². The molecule has 0 unspecified atom stereocenters. The van der Waals surface area contributed by atoms with Gasteiger partial charge in [-0.1, -0.05) is 32.1 Å². The lowest BCUT2D eigenvalue weighted by Gasteiger charge is -2.16. The Balaban J connectivity index is 2.23. The van der Waals surface area contributed by atoms with Gasteiger partial charge in [0.05, 0.1) is 13.2 Å². The average molecular weight is 395 g/mol. The number of hydrogen-bond donors (Lipinski definition) is 0. The minimum Gasteiger partial charge on any atom is -0.493 e. The van der Waals surface area contributed by atoms with Crippen molar-refractivity contribution in [3.8, 4) is 17.2 Å². The standard InChI is InChI=1S/C25H30O4/c1-5-9-22-24(27-7-3)17-19(18-25(22)28-8-4)10-15-23(26)20-11-13-21(14-12-20)29-16-6-2/h6,10-15,17-18H,2,5,7-9,16H2,1,3-4H3/b15-10+. The van der Waals surface area contributed by atoms with Gasteiger partial charge < -0.3 is 14.2 Å². The van der Waals surface area contributed by atoms with Gasteiger partial charge in [0, 0.05) is 11.1 Å². The molecule has 2 aromatic carbocycles. The van der Waals surface area contributed by atoms with Gasteiger partial charge in [0.1, 0.15) is 23.9 Å². The first-order chi connectivity index (χ1) is 14.1. The number of ketones is 1. The third-order valence-corrected chi connectivity index (χ3v) is 4.22. The summed E-state index contributed by atoms with van der Waals surface area (Å²) in [7, 11) is 0. The molecule has 0 aromatic heterocycles. The van der Waals surface area contributed by atoms with Gasteiger partial charge in [-0.3, -0.25) is 4.79 Å². The Morgan fingerprint density at radius 1 is 0.966 bits per heavy atom. The maximum absolute atomic E-state index is 12.5. The highest BCUT2D eigenvalue weighted by molar-refractivity contribution is 6.06. The third-order valence-electron chi connectivity index (χ3n) is 4.22. The summed E-state index contributed by atoms with van der Waals surface area (Å²) in [5, 5.41) is 0. The van der Waals surface area contributed by atoms with E-state index in [4.69, 9.17) is 14.2 Å². The summed E-state index contributed by atoms with van der Waals surface area (Å²) in [4.78, 5) is 12.5. The van der Waals surface area contributed by atoms with E-state index in [0.29, 0.717) is 31.1 Å². The van der Waals surface area contributed by atoms with Crippen molar-refractivity contribution in [3.63, 3.8) is 0 Å². The number of benzene rings is 2. The molecule has 0 saturated carbocycles. The summed E-state index contributed by atoms with van der Waals surface area (Å²) >= 11 is 0. The molecule has 0 aliphatic rings. The molecule has 2 aromatic rings. The van der Waals surface area contributed by atoms with Crippen molar-refractivity contribution >= 4 is 11.9 Å². The highest BCUT2D eigenvalue weighted by Crippen LogP contribution is 2.33. The van der Waals surface area contributed by atoms with Gasteiger partial charge in [-0.05, 0) is 68.3 Å². The van der Waals surface area contributed by atoms with E-state index < -0.39 is 0 Å². The molecule has 2 rings (SSSR count). The maximum atomic E-state index is 12.5. The maximum Gasteiger partial charge on any atom is 0.185 e. The first-order valence-corrected chi connectivity index (χ1v) is 10.1. The molecule has 154 valence electrons. The molecule has 0 radical (unpaired) electrons. The Morgan fingerprint density at radius 2 is 1.59 bits per heavy atom. The molecule has 0 aliphatic carbocycles. The van der Waals surface area contributed by atoms with Crippen molar-refractivity contribution in [1.29, 1.82) is 0 Å². The molecule has 4 heteroatoms. The smallest absolute Gasteiger partial charge is 0.185 e. The Hall–Kier alpha value is -3.01.